The van der Waals surface area contributed by atoms with E-state index < -0.39 is 0 Å². The number of rotatable bonds is 4. The second kappa shape index (κ2) is 6.65. The van der Waals surface area contributed by atoms with Crippen LogP contribution in [-0.4, -0.2) is 12.5 Å². The van der Waals surface area contributed by atoms with Gasteiger partial charge in [0.1, 0.15) is 5.75 Å². The van der Waals surface area contributed by atoms with Gasteiger partial charge in [0, 0.05) is 5.69 Å². The molecule has 0 spiro atoms. The van der Waals surface area contributed by atoms with Crippen LogP contribution in [0.4, 0.5) is 5.69 Å². The molecule has 2 aromatic carbocycles. The SMILES string of the molecule is Cc1ccc(OCC(=O)Nc2ccc(C(C)(C)C)cc2)cc1. The van der Waals surface area contributed by atoms with Gasteiger partial charge in [0.15, 0.2) is 6.61 Å². The molecule has 0 aliphatic rings. The lowest BCUT2D eigenvalue weighted by Gasteiger charge is -2.19. The van der Waals surface area contributed by atoms with E-state index in [4.69, 9.17) is 4.74 Å². The van der Waals surface area contributed by atoms with Gasteiger partial charge in [-0.2, -0.15) is 0 Å². The molecule has 3 nitrogen and oxygen atoms in total. The molecule has 0 bridgehead atoms. The first-order valence-electron chi connectivity index (χ1n) is 7.44. The third-order valence-corrected chi connectivity index (χ3v) is 3.43. The minimum atomic E-state index is -0.163. The van der Waals surface area contributed by atoms with Crippen LogP contribution in [0.15, 0.2) is 48.5 Å². The topological polar surface area (TPSA) is 38.3 Å². The molecule has 1 amide bonds. The highest BCUT2D eigenvalue weighted by Crippen LogP contribution is 2.23. The molecule has 0 fully saturated rings. The minimum absolute atomic E-state index is 0.00405. The molecule has 1 N–H and O–H groups in total. The molecule has 0 saturated carbocycles. The van der Waals surface area contributed by atoms with Crippen molar-refractivity contribution < 1.29 is 9.53 Å². The summed E-state index contributed by atoms with van der Waals surface area (Å²) in [7, 11) is 0. The number of hydrogen-bond donors (Lipinski definition) is 1. The van der Waals surface area contributed by atoms with Crippen LogP contribution in [0.2, 0.25) is 0 Å². The van der Waals surface area contributed by atoms with Gasteiger partial charge in [0.25, 0.3) is 5.91 Å². The second-order valence-corrected chi connectivity index (χ2v) is 6.48. The van der Waals surface area contributed by atoms with Gasteiger partial charge in [-0.25, -0.2) is 0 Å². The third-order valence-electron chi connectivity index (χ3n) is 3.43. The van der Waals surface area contributed by atoms with Crippen LogP contribution in [0, 0.1) is 6.92 Å². The second-order valence-electron chi connectivity index (χ2n) is 6.48. The van der Waals surface area contributed by atoms with Crippen molar-refractivity contribution in [3.63, 3.8) is 0 Å². The van der Waals surface area contributed by atoms with Gasteiger partial charge in [-0.05, 0) is 42.2 Å². The lowest BCUT2D eigenvalue weighted by atomic mass is 9.87. The average Bonchev–Trinajstić information content (AvgIpc) is 2.46. The molecule has 0 aliphatic carbocycles. The van der Waals surface area contributed by atoms with E-state index >= 15 is 0 Å². The van der Waals surface area contributed by atoms with Crippen LogP contribution in [0.3, 0.4) is 0 Å². The van der Waals surface area contributed by atoms with Gasteiger partial charge in [0.2, 0.25) is 0 Å². The third kappa shape index (κ3) is 4.62. The molecular weight excluding hydrogens is 274 g/mol. The molecule has 0 aliphatic heterocycles. The van der Waals surface area contributed by atoms with Crippen LogP contribution >= 0.6 is 0 Å². The van der Waals surface area contributed by atoms with Crippen molar-refractivity contribution in [3.8, 4) is 5.75 Å². The maximum Gasteiger partial charge on any atom is 0.262 e. The lowest BCUT2D eigenvalue weighted by molar-refractivity contribution is -0.118. The Hall–Kier alpha value is -2.29. The molecule has 0 atom stereocenters. The number of aryl methyl sites for hydroxylation is 1. The van der Waals surface area contributed by atoms with Gasteiger partial charge >= 0.3 is 0 Å². The molecule has 2 aromatic rings. The summed E-state index contributed by atoms with van der Waals surface area (Å²) in [6.45, 7) is 8.50. The number of benzene rings is 2. The number of hydrogen-bond acceptors (Lipinski definition) is 2. The van der Waals surface area contributed by atoms with Crippen molar-refractivity contribution in [2.75, 3.05) is 11.9 Å². The Bertz CT molecular complexity index is 622. The molecule has 22 heavy (non-hydrogen) atoms. The van der Waals surface area contributed by atoms with Gasteiger partial charge in [0.05, 0.1) is 0 Å². The van der Waals surface area contributed by atoms with E-state index in [-0.39, 0.29) is 17.9 Å². The normalized spacial score (nSPS) is 11.1. The summed E-state index contributed by atoms with van der Waals surface area (Å²) in [5.41, 5.74) is 3.29. The zero-order chi connectivity index (χ0) is 16.2. The summed E-state index contributed by atoms with van der Waals surface area (Å²) >= 11 is 0. The highest BCUT2D eigenvalue weighted by molar-refractivity contribution is 5.91. The highest BCUT2D eigenvalue weighted by Gasteiger charge is 2.13. The van der Waals surface area contributed by atoms with Crippen LogP contribution in [-0.2, 0) is 10.2 Å². The zero-order valence-corrected chi connectivity index (χ0v) is 13.6. The molecule has 0 radical (unpaired) electrons. The van der Waals surface area contributed by atoms with E-state index in [9.17, 15) is 4.79 Å². The number of ether oxygens (including phenoxy) is 1. The van der Waals surface area contributed by atoms with Crippen molar-refractivity contribution in [2.24, 2.45) is 0 Å². The number of carbonyl (C=O) groups excluding carboxylic acids is 1. The lowest BCUT2D eigenvalue weighted by Crippen LogP contribution is -2.20. The van der Waals surface area contributed by atoms with Gasteiger partial charge in [-0.1, -0.05) is 50.6 Å². The Morgan fingerprint density at radius 3 is 2.14 bits per heavy atom. The summed E-state index contributed by atoms with van der Waals surface area (Å²) in [4.78, 5) is 11.9. The van der Waals surface area contributed by atoms with Crippen molar-refractivity contribution in [3.05, 3.63) is 59.7 Å². The predicted molar refractivity (Wildman–Crippen MR) is 90.4 cm³/mol. The van der Waals surface area contributed by atoms with Crippen molar-refractivity contribution in [2.45, 2.75) is 33.1 Å². The van der Waals surface area contributed by atoms with Crippen LogP contribution in [0.5, 0.6) is 5.75 Å². The number of anilines is 1. The monoisotopic (exact) mass is 297 g/mol. The first kappa shape index (κ1) is 16.1. The molecule has 0 unspecified atom stereocenters. The number of nitrogens with one attached hydrogen (secondary N) is 1. The van der Waals surface area contributed by atoms with Gasteiger partial charge in [-0.3, -0.25) is 4.79 Å². The average molecular weight is 297 g/mol. The Labute approximate surface area is 132 Å². The van der Waals surface area contributed by atoms with Crippen molar-refractivity contribution >= 4 is 11.6 Å². The Balaban J connectivity index is 1.88. The van der Waals surface area contributed by atoms with E-state index in [1.54, 1.807) is 0 Å². The molecular formula is C19H23NO2. The standard InChI is InChI=1S/C19H23NO2/c1-14-5-11-17(12-6-14)22-13-18(21)20-16-9-7-15(8-10-16)19(2,3)4/h5-12H,13H2,1-4H3,(H,20,21). The molecule has 3 heteroatoms. The Morgan fingerprint density at radius 1 is 1.00 bits per heavy atom. The van der Waals surface area contributed by atoms with Crippen LogP contribution in [0.25, 0.3) is 0 Å². The molecule has 0 aromatic heterocycles. The maximum atomic E-state index is 11.9. The first-order chi connectivity index (χ1) is 10.3. The predicted octanol–water partition coefficient (Wildman–Crippen LogP) is 4.31. The molecule has 116 valence electrons. The van der Waals surface area contributed by atoms with Crippen LogP contribution < -0.4 is 10.1 Å². The number of carbonyl (C=O) groups is 1. The van der Waals surface area contributed by atoms with Crippen LogP contribution in [0.1, 0.15) is 31.9 Å². The summed E-state index contributed by atoms with van der Waals surface area (Å²) in [5.74, 6) is 0.535. The fourth-order valence-corrected chi connectivity index (χ4v) is 2.03. The van der Waals surface area contributed by atoms with E-state index in [0.717, 1.165) is 11.3 Å². The van der Waals surface area contributed by atoms with E-state index in [0.29, 0.717) is 5.75 Å². The largest absolute Gasteiger partial charge is 0.484 e. The van der Waals surface area contributed by atoms with Crippen molar-refractivity contribution in [1.82, 2.24) is 0 Å². The van der Waals surface area contributed by atoms with Crippen molar-refractivity contribution in [1.29, 1.82) is 0 Å². The fraction of sp³-hybridized carbons (Fsp3) is 0.316. The Morgan fingerprint density at radius 2 is 1.59 bits per heavy atom. The number of amides is 1. The summed E-state index contributed by atoms with van der Waals surface area (Å²) in [6.07, 6.45) is 0. The van der Waals surface area contributed by atoms with E-state index in [1.807, 2.05) is 55.5 Å². The van der Waals surface area contributed by atoms with Gasteiger partial charge < -0.3 is 10.1 Å². The summed E-state index contributed by atoms with van der Waals surface area (Å²) in [5, 5.41) is 2.84. The summed E-state index contributed by atoms with van der Waals surface area (Å²) < 4.78 is 5.46. The first-order valence-corrected chi connectivity index (χ1v) is 7.44. The van der Waals surface area contributed by atoms with Gasteiger partial charge in [-0.15, -0.1) is 0 Å². The molecule has 2 rings (SSSR count). The summed E-state index contributed by atoms with van der Waals surface area (Å²) in [6, 6.07) is 15.6. The smallest absolute Gasteiger partial charge is 0.262 e. The highest BCUT2D eigenvalue weighted by atomic mass is 16.5. The minimum Gasteiger partial charge on any atom is -0.484 e. The Kier molecular flexibility index (Phi) is 4.86. The molecule has 0 heterocycles. The van der Waals surface area contributed by atoms with E-state index in [2.05, 4.69) is 26.1 Å². The molecule has 0 saturated heterocycles. The van der Waals surface area contributed by atoms with E-state index in [1.165, 1.54) is 5.56 Å². The quantitative estimate of drug-likeness (QED) is 0.913. The zero-order valence-electron chi connectivity index (χ0n) is 13.6. The maximum absolute atomic E-state index is 11.9. The fourth-order valence-electron chi connectivity index (χ4n) is 2.03.